The molecule has 1 aliphatic heterocycles. The number of nitrogens with zero attached hydrogens (tertiary/aromatic N) is 5. The molecule has 1 saturated heterocycles. The Morgan fingerprint density at radius 3 is 3.15 bits per heavy atom. The Kier molecular flexibility index (Phi) is 3.49. The second kappa shape index (κ2) is 5.44. The Hall–Kier alpha value is -2.18. The predicted molar refractivity (Wildman–Crippen MR) is 69.6 cm³/mol. The van der Waals surface area contributed by atoms with Crippen molar-refractivity contribution in [3.8, 4) is 0 Å². The van der Waals surface area contributed by atoms with Gasteiger partial charge in [0.2, 0.25) is 11.8 Å². The van der Waals surface area contributed by atoms with Crippen molar-refractivity contribution in [3.63, 3.8) is 0 Å². The first kappa shape index (κ1) is 12.8. The third kappa shape index (κ3) is 2.56. The molecule has 0 bridgehead atoms. The van der Waals surface area contributed by atoms with Gasteiger partial charge in [0.1, 0.15) is 0 Å². The Morgan fingerprint density at radius 1 is 1.55 bits per heavy atom. The summed E-state index contributed by atoms with van der Waals surface area (Å²) in [5.74, 6) is 1.29. The zero-order valence-corrected chi connectivity index (χ0v) is 11.4. The van der Waals surface area contributed by atoms with Crippen molar-refractivity contribution < 1.29 is 9.32 Å². The Balaban J connectivity index is 1.64. The van der Waals surface area contributed by atoms with Gasteiger partial charge in [0.25, 0.3) is 0 Å². The van der Waals surface area contributed by atoms with Crippen LogP contribution in [0.2, 0.25) is 0 Å². The van der Waals surface area contributed by atoms with Gasteiger partial charge < -0.3 is 14.0 Å². The maximum atomic E-state index is 12.3. The second-order valence-electron chi connectivity index (χ2n) is 4.97. The van der Waals surface area contributed by atoms with Gasteiger partial charge in [-0.05, 0) is 12.8 Å². The van der Waals surface area contributed by atoms with Crippen LogP contribution in [-0.2, 0) is 11.3 Å². The van der Waals surface area contributed by atoms with E-state index in [1.807, 2.05) is 15.7 Å². The van der Waals surface area contributed by atoms with E-state index in [-0.39, 0.29) is 11.9 Å². The van der Waals surface area contributed by atoms with Crippen LogP contribution < -0.4 is 0 Å². The highest BCUT2D eigenvalue weighted by Gasteiger charge is 2.32. The Morgan fingerprint density at radius 2 is 2.45 bits per heavy atom. The van der Waals surface area contributed by atoms with Crippen molar-refractivity contribution in [3.05, 3.63) is 30.4 Å². The Labute approximate surface area is 116 Å². The molecule has 20 heavy (non-hydrogen) atoms. The minimum atomic E-state index is -0.0391. The third-order valence-corrected chi connectivity index (χ3v) is 3.56. The number of imidazole rings is 1. The highest BCUT2D eigenvalue weighted by molar-refractivity contribution is 5.76. The second-order valence-corrected chi connectivity index (χ2v) is 4.97. The standard InChI is InChI=1S/C13H17N5O2/c1-10-15-13(16-20-10)11-3-2-6-18(11)12(19)4-7-17-8-5-14-9-17/h5,8-9,11H,2-4,6-7H2,1H3/t11-/m0/s1. The molecule has 1 aliphatic rings. The van der Waals surface area contributed by atoms with Crippen LogP contribution in [0.15, 0.2) is 23.2 Å². The monoisotopic (exact) mass is 275 g/mol. The van der Waals surface area contributed by atoms with E-state index < -0.39 is 0 Å². The quantitative estimate of drug-likeness (QED) is 0.841. The molecule has 1 amide bonds. The van der Waals surface area contributed by atoms with Crippen LogP contribution in [0.5, 0.6) is 0 Å². The molecule has 1 atom stereocenters. The maximum absolute atomic E-state index is 12.3. The minimum absolute atomic E-state index is 0.0391. The van der Waals surface area contributed by atoms with Crippen molar-refractivity contribution in [2.75, 3.05) is 6.54 Å². The van der Waals surface area contributed by atoms with Gasteiger partial charge in [0, 0.05) is 38.8 Å². The highest BCUT2D eigenvalue weighted by atomic mass is 16.5. The van der Waals surface area contributed by atoms with E-state index in [1.165, 1.54) is 0 Å². The van der Waals surface area contributed by atoms with Crippen LogP contribution in [0.3, 0.4) is 0 Å². The molecule has 0 spiro atoms. The summed E-state index contributed by atoms with van der Waals surface area (Å²) in [6, 6.07) is -0.0391. The van der Waals surface area contributed by atoms with Crippen LogP contribution in [0.4, 0.5) is 0 Å². The van der Waals surface area contributed by atoms with E-state index in [0.29, 0.717) is 24.7 Å². The summed E-state index contributed by atoms with van der Waals surface area (Å²) in [6.07, 6.45) is 7.63. The lowest BCUT2D eigenvalue weighted by molar-refractivity contribution is -0.132. The van der Waals surface area contributed by atoms with Gasteiger partial charge in [0.15, 0.2) is 5.82 Å². The lowest BCUT2D eigenvalue weighted by atomic mass is 10.2. The van der Waals surface area contributed by atoms with Gasteiger partial charge in [-0.3, -0.25) is 4.79 Å². The third-order valence-electron chi connectivity index (χ3n) is 3.56. The van der Waals surface area contributed by atoms with E-state index in [9.17, 15) is 4.79 Å². The zero-order chi connectivity index (χ0) is 13.9. The van der Waals surface area contributed by atoms with Crippen LogP contribution in [-0.4, -0.2) is 37.0 Å². The molecule has 0 radical (unpaired) electrons. The predicted octanol–water partition coefficient (Wildman–Crippen LogP) is 1.33. The van der Waals surface area contributed by atoms with E-state index >= 15 is 0 Å². The van der Waals surface area contributed by atoms with Gasteiger partial charge >= 0.3 is 0 Å². The summed E-state index contributed by atoms with van der Waals surface area (Å²) in [5.41, 5.74) is 0. The number of hydrogen-bond donors (Lipinski definition) is 0. The molecule has 3 heterocycles. The van der Waals surface area contributed by atoms with Crippen molar-refractivity contribution in [1.82, 2.24) is 24.6 Å². The van der Waals surface area contributed by atoms with Crippen LogP contribution in [0, 0.1) is 6.92 Å². The lowest BCUT2D eigenvalue weighted by Gasteiger charge is -2.22. The van der Waals surface area contributed by atoms with Crippen molar-refractivity contribution in [1.29, 1.82) is 0 Å². The van der Waals surface area contributed by atoms with Gasteiger partial charge in [0.05, 0.1) is 12.4 Å². The lowest BCUT2D eigenvalue weighted by Crippen LogP contribution is -2.31. The molecule has 0 N–H and O–H groups in total. The summed E-state index contributed by atoms with van der Waals surface area (Å²) < 4.78 is 6.92. The average Bonchev–Trinajstić information content (AvgIpc) is 3.16. The first-order valence-corrected chi connectivity index (χ1v) is 6.79. The zero-order valence-electron chi connectivity index (χ0n) is 11.4. The largest absolute Gasteiger partial charge is 0.340 e. The first-order chi connectivity index (χ1) is 9.74. The fourth-order valence-corrected chi connectivity index (χ4v) is 2.57. The van der Waals surface area contributed by atoms with E-state index in [0.717, 1.165) is 19.4 Å². The van der Waals surface area contributed by atoms with Crippen molar-refractivity contribution >= 4 is 5.91 Å². The Bertz CT molecular complexity index is 577. The number of carbonyl (C=O) groups excluding carboxylic acids is 1. The van der Waals surface area contributed by atoms with Gasteiger partial charge in [-0.1, -0.05) is 5.16 Å². The minimum Gasteiger partial charge on any atom is -0.340 e. The summed E-state index contributed by atoms with van der Waals surface area (Å²) in [5, 5.41) is 3.95. The summed E-state index contributed by atoms with van der Waals surface area (Å²) in [6.45, 7) is 3.17. The normalized spacial score (nSPS) is 18.6. The van der Waals surface area contributed by atoms with E-state index in [2.05, 4.69) is 15.1 Å². The number of amides is 1. The fourth-order valence-electron chi connectivity index (χ4n) is 2.57. The molecule has 3 rings (SSSR count). The molecule has 106 valence electrons. The number of hydrogen-bond acceptors (Lipinski definition) is 5. The molecule has 0 aliphatic carbocycles. The molecule has 0 aromatic carbocycles. The molecular weight excluding hydrogens is 258 g/mol. The van der Waals surface area contributed by atoms with Crippen LogP contribution in [0.1, 0.15) is 37.0 Å². The maximum Gasteiger partial charge on any atom is 0.224 e. The summed E-state index contributed by atoms with van der Waals surface area (Å²) in [7, 11) is 0. The topological polar surface area (TPSA) is 77.1 Å². The van der Waals surface area contributed by atoms with Crippen LogP contribution >= 0.6 is 0 Å². The molecule has 7 nitrogen and oxygen atoms in total. The summed E-state index contributed by atoms with van der Waals surface area (Å²) >= 11 is 0. The molecule has 1 fully saturated rings. The van der Waals surface area contributed by atoms with Crippen molar-refractivity contribution in [2.24, 2.45) is 0 Å². The number of rotatable bonds is 4. The molecule has 7 heteroatoms. The molecule has 0 saturated carbocycles. The van der Waals surface area contributed by atoms with Gasteiger partial charge in [-0.25, -0.2) is 4.98 Å². The van der Waals surface area contributed by atoms with Crippen molar-refractivity contribution in [2.45, 2.75) is 38.8 Å². The molecule has 2 aromatic heterocycles. The first-order valence-electron chi connectivity index (χ1n) is 6.79. The number of carbonyl (C=O) groups is 1. The molecule has 0 unspecified atom stereocenters. The number of likely N-dealkylation sites (tertiary alicyclic amines) is 1. The fraction of sp³-hybridized carbons (Fsp3) is 0.538. The van der Waals surface area contributed by atoms with Crippen LogP contribution in [0.25, 0.3) is 0 Å². The number of aromatic nitrogens is 4. The average molecular weight is 275 g/mol. The SMILES string of the molecule is Cc1nc([C@@H]2CCCN2C(=O)CCn2ccnc2)no1. The molecular formula is C13H17N5O2. The van der Waals surface area contributed by atoms with E-state index in [1.54, 1.807) is 19.4 Å². The van der Waals surface area contributed by atoms with Gasteiger partial charge in [-0.15, -0.1) is 0 Å². The van der Waals surface area contributed by atoms with Gasteiger partial charge in [-0.2, -0.15) is 4.98 Å². The molecule has 2 aromatic rings. The summed E-state index contributed by atoms with van der Waals surface area (Å²) in [4.78, 5) is 22.4. The smallest absolute Gasteiger partial charge is 0.224 e. The highest BCUT2D eigenvalue weighted by Crippen LogP contribution is 2.30. The number of aryl methyl sites for hydroxylation is 2. The van der Waals surface area contributed by atoms with E-state index in [4.69, 9.17) is 4.52 Å².